The second-order valence-corrected chi connectivity index (χ2v) is 6.71. The predicted octanol–water partition coefficient (Wildman–Crippen LogP) is 6.06. The van der Waals surface area contributed by atoms with E-state index in [0.29, 0.717) is 5.92 Å². The fourth-order valence-electron chi connectivity index (χ4n) is 3.47. The number of hydrogen-bond acceptors (Lipinski definition) is 1. The van der Waals surface area contributed by atoms with Gasteiger partial charge in [-0.3, -0.25) is 0 Å². The molecule has 1 aliphatic rings. The summed E-state index contributed by atoms with van der Waals surface area (Å²) >= 11 is 0. The van der Waals surface area contributed by atoms with Gasteiger partial charge in [0.15, 0.2) is 0 Å². The normalized spacial score (nSPS) is 17.6. The van der Waals surface area contributed by atoms with Crippen LogP contribution in [0.15, 0.2) is 109 Å². The van der Waals surface area contributed by atoms with Crippen LogP contribution in [0.1, 0.15) is 29.6 Å². The zero-order chi connectivity index (χ0) is 17.8. The third-order valence-corrected chi connectivity index (χ3v) is 5.01. The minimum absolute atomic E-state index is 0.396. The number of rotatable bonds is 4. The molecule has 1 heteroatoms. The Hall–Kier alpha value is -2.90. The van der Waals surface area contributed by atoms with Gasteiger partial charge in [0.05, 0.1) is 0 Å². The fourth-order valence-corrected chi connectivity index (χ4v) is 3.47. The Labute approximate surface area is 155 Å². The monoisotopic (exact) mass is 338 g/mol. The summed E-state index contributed by atoms with van der Waals surface area (Å²) in [6, 6.07) is 29.0. The molecular weight excluding hydrogens is 316 g/mol. The maximum absolute atomic E-state index is 10.7. The van der Waals surface area contributed by atoms with E-state index in [1.54, 1.807) is 0 Å². The maximum Gasteiger partial charge on any atom is 0.104 e. The lowest BCUT2D eigenvalue weighted by atomic mass is 9.87. The smallest absolute Gasteiger partial charge is 0.104 e. The molecule has 3 aromatic carbocycles. The Morgan fingerprint density at radius 3 is 1.96 bits per heavy atom. The molecule has 1 N–H and O–H groups in total. The van der Waals surface area contributed by atoms with Gasteiger partial charge in [-0.15, -0.1) is 0 Å². The van der Waals surface area contributed by atoms with Crippen LogP contribution >= 0.6 is 0 Å². The van der Waals surface area contributed by atoms with Crippen molar-refractivity contribution in [3.63, 3.8) is 0 Å². The van der Waals surface area contributed by atoms with Crippen molar-refractivity contribution in [3.05, 3.63) is 120 Å². The van der Waals surface area contributed by atoms with Crippen molar-refractivity contribution in [1.82, 2.24) is 0 Å². The molecule has 0 fully saturated rings. The third kappa shape index (κ3) is 3.54. The van der Waals surface area contributed by atoms with Crippen molar-refractivity contribution in [2.45, 2.75) is 18.4 Å². The maximum atomic E-state index is 10.7. The van der Waals surface area contributed by atoms with Gasteiger partial charge in [0.2, 0.25) is 0 Å². The van der Waals surface area contributed by atoms with Gasteiger partial charge in [0.1, 0.15) is 6.10 Å². The van der Waals surface area contributed by atoms with Crippen molar-refractivity contribution in [2.75, 3.05) is 0 Å². The van der Waals surface area contributed by atoms with Crippen LogP contribution in [-0.4, -0.2) is 5.11 Å². The van der Waals surface area contributed by atoms with E-state index in [1.165, 1.54) is 16.7 Å². The minimum Gasteiger partial charge on any atom is -0.384 e. The molecule has 2 atom stereocenters. The first-order chi connectivity index (χ1) is 12.8. The molecule has 0 saturated carbocycles. The molecule has 0 bridgehead atoms. The number of allylic oxidation sites excluding steroid dienone is 2. The van der Waals surface area contributed by atoms with Crippen LogP contribution in [-0.2, 0) is 0 Å². The van der Waals surface area contributed by atoms with Gasteiger partial charge in [0.25, 0.3) is 0 Å². The molecule has 0 heterocycles. The van der Waals surface area contributed by atoms with E-state index in [1.807, 2.05) is 36.4 Å². The second kappa shape index (κ2) is 7.55. The molecule has 2 unspecified atom stereocenters. The van der Waals surface area contributed by atoms with Gasteiger partial charge in [-0.25, -0.2) is 0 Å². The van der Waals surface area contributed by atoms with Gasteiger partial charge in [-0.2, -0.15) is 0 Å². The average molecular weight is 338 g/mol. The van der Waals surface area contributed by atoms with Gasteiger partial charge in [-0.1, -0.05) is 103 Å². The van der Waals surface area contributed by atoms with Crippen molar-refractivity contribution < 1.29 is 5.11 Å². The third-order valence-electron chi connectivity index (χ3n) is 5.01. The highest BCUT2D eigenvalue weighted by atomic mass is 16.3. The van der Waals surface area contributed by atoms with E-state index < -0.39 is 6.10 Å². The Balaban J connectivity index is 1.47. The molecular formula is C25H22O. The van der Waals surface area contributed by atoms with E-state index >= 15 is 0 Å². The van der Waals surface area contributed by atoms with E-state index in [4.69, 9.17) is 0 Å². The molecule has 0 aliphatic heterocycles. The van der Waals surface area contributed by atoms with Gasteiger partial charge in [-0.05, 0) is 34.2 Å². The molecule has 1 aliphatic carbocycles. The topological polar surface area (TPSA) is 20.2 Å². The van der Waals surface area contributed by atoms with Gasteiger partial charge in [0, 0.05) is 5.92 Å². The molecule has 1 nitrogen and oxygen atoms in total. The number of aliphatic hydroxyl groups excluding tert-OH is 1. The summed E-state index contributed by atoms with van der Waals surface area (Å²) in [6.07, 6.45) is 6.78. The SMILES string of the molecule is OC(C1=CCC(c2ccccc2)C=C1)c1ccc(-c2ccccc2)cc1. The molecule has 26 heavy (non-hydrogen) atoms. The van der Waals surface area contributed by atoms with Crippen molar-refractivity contribution in [3.8, 4) is 11.1 Å². The van der Waals surface area contributed by atoms with Crippen LogP contribution < -0.4 is 0 Å². The van der Waals surface area contributed by atoms with E-state index in [2.05, 4.69) is 66.8 Å². The van der Waals surface area contributed by atoms with Crippen molar-refractivity contribution in [1.29, 1.82) is 0 Å². The van der Waals surface area contributed by atoms with Crippen molar-refractivity contribution >= 4 is 0 Å². The molecule has 0 spiro atoms. The first kappa shape index (κ1) is 16.6. The lowest BCUT2D eigenvalue weighted by Crippen LogP contribution is -2.05. The summed E-state index contributed by atoms with van der Waals surface area (Å²) in [4.78, 5) is 0. The summed E-state index contributed by atoms with van der Waals surface area (Å²) in [5.74, 6) is 0.396. The van der Waals surface area contributed by atoms with Crippen LogP contribution in [0.3, 0.4) is 0 Å². The zero-order valence-corrected chi connectivity index (χ0v) is 14.6. The highest BCUT2D eigenvalue weighted by Gasteiger charge is 2.17. The van der Waals surface area contributed by atoms with Gasteiger partial charge >= 0.3 is 0 Å². The molecule has 3 aromatic rings. The van der Waals surface area contributed by atoms with E-state index in [9.17, 15) is 5.11 Å². The molecule has 0 amide bonds. The lowest BCUT2D eigenvalue weighted by Gasteiger charge is -2.20. The molecule has 128 valence electrons. The predicted molar refractivity (Wildman–Crippen MR) is 108 cm³/mol. The van der Waals surface area contributed by atoms with E-state index in [0.717, 1.165) is 17.6 Å². The lowest BCUT2D eigenvalue weighted by molar-refractivity contribution is 0.218. The van der Waals surface area contributed by atoms with Crippen LogP contribution in [0.2, 0.25) is 0 Å². The molecule has 0 saturated heterocycles. The summed E-state index contributed by atoms with van der Waals surface area (Å²) in [5.41, 5.74) is 5.58. The standard InChI is InChI=1S/C25H22O/c26-25(23-15-11-21(12-16-23)19-7-3-1-4-8-19)24-17-13-22(14-18-24)20-9-5-2-6-10-20/h1-13,15-18,22,25-26H,14H2. The van der Waals surface area contributed by atoms with Gasteiger partial charge < -0.3 is 5.11 Å². The van der Waals surface area contributed by atoms with Crippen LogP contribution in [0.4, 0.5) is 0 Å². The molecule has 4 rings (SSSR count). The van der Waals surface area contributed by atoms with Crippen LogP contribution in [0, 0.1) is 0 Å². The summed E-state index contributed by atoms with van der Waals surface area (Å²) in [7, 11) is 0. The Bertz CT molecular complexity index is 905. The number of benzene rings is 3. The van der Waals surface area contributed by atoms with Crippen LogP contribution in [0.5, 0.6) is 0 Å². The van der Waals surface area contributed by atoms with Crippen molar-refractivity contribution in [2.24, 2.45) is 0 Å². The summed E-state index contributed by atoms with van der Waals surface area (Å²) in [6.45, 7) is 0. The zero-order valence-electron chi connectivity index (χ0n) is 14.6. The quantitative estimate of drug-likeness (QED) is 0.613. The Morgan fingerprint density at radius 2 is 1.35 bits per heavy atom. The summed E-state index contributed by atoms with van der Waals surface area (Å²) < 4.78 is 0. The first-order valence-electron chi connectivity index (χ1n) is 9.08. The molecule has 0 radical (unpaired) electrons. The largest absolute Gasteiger partial charge is 0.384 e. The average Bonchev–Trinajstić information content (AvgIpc) is 2.75. The highest BCUT2D eigenvalue weighted by molar-refractivity contribution is 5.63. The Kier molecular flexibility index (Phi) is 4.81. The Morgan fingerprint density at radius 1 is 0.731 bits per heavy atom. The molecule has 0 aromatic heterocycles. The summed E-state index contributed by atoms with van der Waals surface area (Å²) in [5, 5.41) is 10.7. The number of aliphatic hydroxyl groups is 1. The highest BCUT2D eigenvalue weighted by Crippen LogP contribution is 2.32. The van der Waals surface area contributed by atoms with Crippen LogP contribution in [0.25, 0.3) is 11.1 Å². The number of hydrogen-bond donors (Lipinski definition) is 1. The van der Waals surface area contributed by atoms with E-state index in [-0.39, 0.29) is 0 Å². The first-order valence-corrected chi connectivity index (χ1v) is 9.08. The fraction of sp³-hybridized carbons (Fsp3) is 0.120. The second-order valence-electron chi connectivity index (χ2n) is 6.71. The minimum atomic E-state index is -0.576.